The van der Waals surface area contributed by atoms with Crippen LogP contribution >= 0.6 is 0 Å². The molecule has 20 heavy (non-hydrogen) atoms. The molecule has 0 saturated carbocycles. The second-order valence-corrected chi connectivity index (χ2v) is 4.74. The standard InChI is InChI=1S/C17H13NO2/c1-11-6-7-15(16-5-3-2-4-14(11)16)12-8-13(17(19)20)10-18-9-12/h2-10H,1H3,(H,19,20). The molecule has 0 spiro atoms. The molecule has 0 aliphatic rings. The fourth-order valence-corrected chi connectivity index (χ4v) is 2.41. The molecule has 3 nitrogen and oxygen atoms in total. The fraction of sp³-hybridized carbons (Fsp3) is 0.0588. The second-order valence-electron chi connectivity index (χ2n) is 4.74. The zero-order chi connectivity index (χ0) is 14.1. The topological polar surface area (TPSA) is 50.2 Å². The molecule has 2 aromatic carbocycles. The van der Waals surface area contributed by atoms with Crippen LogP contribution in [-0.4, -0.2) is 16.1 Å². The molecule has 3 rings (SSSR count). The monoisotopic (exact) mass is 263 g/mol. The number of carbonyl (C=O) groups is 1. The molecule has 1 aromatic heterocycles. The predicted molar refractivity (Wildman–Crippen MR) is 78.9 cm³/mol. The molecule has 1 heterocycles. The summed E-state index contributed by atoms with van der Waals surface area (Å²) in [7, 11) is 0. The average molecular weight is 263 g/mol. The summed E-state index contributed by atoms with van der Waals surface area (Å²) in [4.78, 5) is 15.1. The summed E-state index contributed by atoms with van der Waals surface area (Å²) < 4.78 is 0. The first kappa shape index (κ1) is 12.4. The van der Waals surface area contributed by atoms with E-state index in [0.717, 1.165) is 16.5 Å². The summed E-state index contributed by atoms with van der Waals surface area (Å²) in [5.41, 5.74) is 3.22. The third kappa shape index (κ3) is 2.03. The van der Waals surface area contributed by atoms with Crippen molar-refractivity contribution in [1.82, 2.24) is 4.98 Å². The number of hydrogen-bond acceptors (Lipinski definition) is 2. The number of fused-ring (bicyclic) bond motifs is 1. The van der Waals surface area contributed by atoms with Crippen LogP contribution in [0.1, 0.15) is 15.9 Å². The lowest BCUT2D eigenvalue weighted by Gasteiger charge is -2.09. The number of aryl methyl sites for hydroxylation is 1. The van der Waals surface area contributed by atoms with E-state index in [4.69, 9.17) is 5.11 Å². The Labute approximate surface area is 116 Å². The number of aromatic carboxylic acids is 1. The minimum absolute atomic E-state index is 0.201. The summed E-state index contributed by atoms with van der Waals surface area (Å²) in [6.07, 6.45) is 3.06. The summed E-state index contributed by atoms with van der Waals surface area (Å²) in [6, 6.07) is 13.8. The maximum Gasteiger partial charge on any atom is 0.337 e. The molecule has 3 heteroatoms. The Morgan fingerprint density at radius 3 is 2.55 bits per heavy atom. The third-order valence-corrected chi connectivity index (χ3v) is 3.44. The van der Waals surface area contributed by atoms with Crippen LogP contribution in [0.15, 0.2) is 54.9 Å². The van der Waals surface area contributed by atoms with E-state index in [2.05, 4.69) is 18.0 Å². The van der Waals surface area contributed by atoms with Gasteiger partial charge in [0.25, 0.3) is 0 Å². The van der Waals surface area contributed by atoms with Crippen molar-refractivity contribution in [3.8, 4) is 11.1 Å². The highest BCUT2D eigenvalue weighted by atomic mass is 16.4. The molecule has 0 bridgehead atoms. The highest BCUT2D eigenvalue weighted by Crippen LogP contribution is 2.30. The van der Waals surface area contributed by atoms with Crippen molar-refractivity contribution in [3.05, 3.63) is 66.0 Å². The van der Waals surface area contributed by atoms with Gasteiger partial charge in [-0.2, -0.15) is 0 Å². The van der Waals surface area contributed by atoms with Crippen LogP contribution in [0, 0.1) is 6.92 Å². The van der Waals surface area contributed by atoms with Gasteiger partial charge in [0.2, 0.25) is 0 Å². The molecule has 0 saturated heterocycles. The zero-order valence-electron chi connectivity index (χ0n) is 11.0. The number of pyridine rings is 1. The van der Waals surface area contributed by atoms with Gasteiger partial charge in [0.05, 0.1) is 5.56 Å². The van der Waals surface area contributed by atoms with E-state index in [1.54, 1.807) is 12.3 Å². The van der Waals surface area contributed by atoms with Gasteiger partial charge in [0, 0.05) is 18.0 Å². The molecule has 98 valence electrons. The Balaban J connectivity index is 2.27. The first-order valence-electron chi connectivity index (χ1n) is 6.34. The van der Waals surface area contributed by atoms with Crippen molar-refractivity contribution >= 4 is 16.7 Å². The number of hydrogen-bond donors (Lipinski definition) is 1. The van der Waals surface area contributed by atoms with Crippen LogP contribution in [0.2, 0.25) is 0 Å². The van der Waals surface area contributed by atoms with Crippen LogP contribution in [0.25, 0.3) is 21.9 Å². The molecule has 0 atom stereocenters. The number of benzene rings is 2. The predicted octanol–water partition coefficient (Wildman–Crippen LogP) is 3.91. The number of nitrogens with zero attached hydrogens (tertiary/aromatic N) is 1. The van der Waals surface area contributed by atoms with Gasteiger partial charge in [-0.3, -0.25) is 4.98 Å². The van der Waals surface area contributed by atoms with Gasteiger partial charge >= 0.3 is 5.97 Å². The SMILES string of the molecule is Cc1ccc(-c2cncc(C(=O)O)c2)c2ccccc12. The van der Waals surface area contributed by atoms with Gasteiger partial charge in [0.15, 0.2) is 0 Å². The van der Waals surface area contributed by atoms with Crippen molar-refractivity contribution in [1.29, 1.82) is 0 Å². The Hall–Kier alpha value is -2.68. The Kier molecular flexibility index (Phi) is 2.95. The zero-order valence-corrected chi connectivity index (χ0v) is 11.0. The Morgan fingerprint density at radius 2 is 1.80 bits per heavy atom. The van der Waals surface area contributed by atoms with E-state index >= 15 is 0 Å². The number of carboxylic acid groups (broad SMARTS) is 1. The molecule has 1 N–H and O–H groups in total. The molecule has 3 aromatic rings. The van der Waals surface area contributed by atoms with Crippen molar-refractivity contribution in [2.75, 3.05) is 0 Å². The first-order chi connectivity index (χ1) is 9.66. The lowest BCUT2D eigenvalue weighted by atomic mass is 9.96. The summed E-state index contributed by atoms with van der Waals surface area (Å²) in [5, 5.41) is 11.4. The lowest BCUT2D eigenvalue weighted by molar-refractivity contribution is 0.0696. The Bertz CT molecular complexity index is 809. The molecule has 0 radical (unpaired) electrons. The fourth-order valence-electron chi connectivity index (χ4n) is 2.41. The van der Waals surface area contributed by atoms with Gasteiger partial charge in [0.1, 0.15) is 0 Å². The van der Waals surface area contributed by atoms with Crippen molar-refractivity contribution in [2.45, 2.75) is 6.92 Å². The van der Waals surface area contributed by atoms with Gasteiger partial charge < -0.3 is 5.11 Å². The van der Waals surface area contributed by atoms with E-state index in [1.807, 2.05) is 30.3 Å². The molecule has 0 fully saturated rings. The van der Waals surface area contributed by atoms with E-state index in [9.17, 15) is 4.79 Å². The molecular formula is C17H13NO2. The van der Waals surface area contributed by atoms with E-state index in [-0.39, 0.29) is 5.56 Å². The smallest absolute Gasteiger partial charge is 0.337 e. The van der Waals surface area contributed by atoms with E-state index < -0.39 is 5.97 Å². The first-order valence-corrected chi connectivity index (χ1v) is 6.34. The lowest BCUT2D eigenvalue weighted by Crippen LogP contribution is -1.97. The van der Waals surface area contributed by atoms with Crippen LogP contribution < -0.4 is 0 Å². The maximum absolute atomic E-state index is 11.1. The van der Waals surface area contributed by atoms with Crippen LogP contribution in [0.4, 0.5) is 0 Å². The van der Waals surface area contributed by atoms with Crippen LogP contribution in [0.3, 0.4) is 0 Å². The number of aromatic nitrogens is 1. The second kappa shape index (κ2) is 4.78. The number of rotatable bonds is 2. The maximum atomic E-state index is 11.1. The number of carboxylic acids is 1. The molecular weight excluding hydrogens is 250 g/mol. The summed E-state index contributed by atoms with van der Waals surface area (Å²) in [5.74, 6) is -0.962. The normalized spacial score (nSPS) is 10.7. The quantitative estimate of drug-likeness (QED) is 0.762. The van der Waals surface area contributed by atoms with Gasteiger partial charge in [-0.15, -0.1) is 0 Å². The van der Waals surface area contributed by atoms with Crippen molar-refractivity contribution < 1.29 is 9.90 Å². The molecule has 0 aliphatic heterocycles. The largest absolute Gasteiger partial charge is 0.478 e. The van der Waals surface area contributed by atoms with Crippen LogP contribution in [0.5, 0.6) is 0 Å². The Morgan fingerprint density at radius 1 is 1.05 bits per heavy atom. The van der Waals surface area contributed by atoms with Gasteiger partial charge in [-0.05, 0) is 34.9 Å². The molecule has 0 amide bonds. The average Bonchev–Trinajstić information content (AvgIpc) is 2.48. The van der Waals surface area contributed by atoms with Gasteiger partial charge in [-0.1, -0.05) is 36.4 Å². The van der Waals surface area contributed by atoms with Crippen molar-refractivity contribution in [3.63, 3.8) is 0 Å². The molecule has 0 unspecified atom stereocenters. The highest BCUT2D eigenvalue weighted by molar-refractivity contribution is 5.99. The minimum atomic E-state index is -0.962. The summed E-state index contributed by atoms with van der Waals surface area (Å²) in [6.45, 7) is 2.07. The molecule has 0 aliphatic carbocycles. The van der Waals surface area contributed by atoms with Crippen LogP contribution in [-0.2, 0) is 0 Å². The van der Waals surface area contributed by atoms with Gasteiger partial charge in [-0.25, -0.2) is 4.79 Å². The third-order valence-electron chi connectivity index (χ3n) is 3.44. The minimum Gasteiger partial charge on any atom is -0.478 e. The summed E-state index contributed by atoms with van der Waals surface area (Å²) >= 11 is 0. The van der Waals surface area contributed by atoms with E-state index in [1.165, 1.54) is 17.1 Å². The highest BCUT2D eigenvalue weighted by Gasteiger charge is 2.09. The van der Waals surface area contributed by atoms with Crippen molar-refractivity contribution in [2.24, 2.45) is 0 Å². The van der Waals surface area contributed by atoms with E-state index in [0.29, 0.717) is 0 Å².